The van der Waals surface area contributed by atoms with Crippen molar-refractivity contribution in [2.45, 2.75) is 6.42 Å². The largest absolute Gasteiger partial charge is 0.281 e. The Morgan fingerprint density at radius 2 is 1.90 bits per heavy atom. The van der Waals surface area contributed by atoms with Crippen LogP contribution in [0.2, 0.25) is 0 Å². The molecule has 0 aliphatic heterocycles. The third kappa shape index (κ3) is 2.26. The average molecular weight is 305 g/mol. The molecule has 0 saturated heterocycles. The summed E-state index contributed by atoms with van der Waals surface area (Å²) in [5.41, 5.74) is 2.64. The Hall–Kier alpha value is -1.64. The van der Waals surface area contributed by atoms with Gasteiger partial charge in [0.25, 0.3) is 5.24 Å². The second kappa shape index (κ2) is 5.04. The van der Waals surface area contributed by atoms with Gasteiger partial charge < -0.3 is 0 Å². The summed E-state index contributed by atoms with van der Waals surface area (Å²) in [5, 5.41) is 1.19. The van der Waals surface area contributed by atoms with Crippen molar-refractivity contribution in [1.29, 1.82) is 0 Å². The third-order valence-corrected chi connectivity index (χ3v) is 4.10. The molecule has 0 N–H and O–H groups in total. The average Bonchev–Trinajstić information content (AvgIpc) is 2.45. The van der Waals surface area contributed by atoms with Gasteiger partial charge in [-0.25, -0.2) is 0 Å². The molecule has 0 heterocycles. The summed E-state index contributed by atoms with van der Waals surface area (Å²) in [6.07, 6.45) is 4.37. The first-order valence-corrected chi connectivity index (χ1v) is 6.95. The van der Waals surface area contributed by atoms with Crippen LogP contribution in [0.1, 0.15) is 21.5 Å². The predicted molar refractivity (Wildman–Crippen MR) is 81.2 cm³/mol. The van der Waals surface area contributed by atoms with Crippen molar-refractivity contribution in [2.75, 3.05) is 0 Å². The minimum Gasteiger partial charge on any atom is -0.281 e. The summed E-state index contributed by atoms with van der Waals surface area (Å²) in [6, 6.07) is 9.28. The van der Waals surface area contributed by atoms with Gasteiger partial charge in [-0.15, -0.1) is 0 Å². The molecule has 2 nitrogen and oxygen atoms in total. The van der Waals surface area contributed by atoms with E-state index < -0.39 is 5.24 Å². The SMILES string of the molecule is O=C(Cl)c1ccc2c3c(ccc2c1)CC(C(=O)Cl)C=C3. The second-order valence-corrected chi connectivity index (χ2v) is 5.54. The first-order chi connectivity index (χ1) is 9.56. The Morgan fingerprint density at radius 3 is 2.60 bits per heavy atom. The fourth-order valence-electron chi connectivity index (χ4n) is 2.57. The molecule has 0 radical (unpaired) electrons. The maximum absolute atomic E-state index is 11.3. The molecule has 0 spiro atoms. The molecule has 20 heavy (non-hydrogen) atoms. The summed E-state index contributed by atoms with van der Waals surface area (Å²) < 4.78 is 0. The number of benzene rings is 2. The molecule has 0 bridgehead atoms. The van der Waals surface area contributed by atoms with Crippen molar-refractivity contribution in [3.8, 4) is 0 Å². The van der Waals surface area contributed by atoms with Gasteiger partial charge in [-0.3, -0.25) is 9.59 Å². The molecule has 0 saturated carbocycles. The fraction of sp³-hybridized carbons (Fsp3) is 0.125. The lowest BCUT2D eigenvalue weighted by Crippen LogP contribution is -2.13. The Kier molecular flexibility index (Phi) is 3.36. The zero-order valence-electron chi connectivity index (χ0n) is 10.4. The van der Waals surface area contributed by atoms with Crippen LogP contribution in [-0.2, 0) is 11.2 Å². The summed E-state index contributed by atoms with van der Waals surface area (Å²) in [5.74, 6) is -0.259. The second-order valence-electron chi connectivity index (χ2n) is 4.82. The highest BCUT2D eigenvalue weighted by atomic mass is 35.5. The van der Waals surface area contributed by atoms with E-state index in [4.69, 9.17) is 23.2 Å². The number of hydrogen-bond donors (Lipinski definition) is 0. The van der Waals surface area contributed by atoms with E-state index in [2.05, 4.69) is 0 Å². The number of halogens is 2. The maximum Gasteiger partial charge on any atom is 0.252 e. The van der Waals surface area contributed by atoms with E-state index >= 15 is 0 Å². The summed E-state index contributed by atoms with van der Waals surface area (Å²) in [4.78, 5) is 22.4. The number of allylic oxidation sites excluding steroid dienone is 1. The van der Waals surface area contributed by atoms with Crippen LogP contribution in [0.3, 0.4) is 0 Å². The van der Waals surface area contributed by atoms with Crippen LogP contribution < -0.4 is 0 Å². The molecule has 1 atom stereocenters. The van der Waals surface area contributed by atoms with E-state index in [9.17, 15) is 9.59 Å². The van der Waals surface area contributed by atoms with Gasteiger partial charge in [0.15, 0.2) is 0 Å². The highest BCUT2D eigenvalue weighted by Crippen LogP contribution is 2.31. The molecule has 2 aromatic carbocycles. The van der Waals surface area contributed by atoms with E-state index in [1.54, 1.807) is 12.1 Å². The van der Waals surface area contributed by atoms with Crippen molar-refractivity contribution >= 4 is 50.5 Å². The van der Waals surface area contributed by atoms with Crippen molar-refractivity contribution in [1.82, 2.24) is 0 Å². The van der Waals surface area contributed by atoms with E-state index in [1.165, 1.54) is 0 Å². The highest BCUT2D eigenvalue weighted by molar-refractivity contribution is 6.67. The maximum atomic E-state index is 11.3. The molecule has 0 fully saturated rings. The predicted octanol–water partition coefficient (Wildman–Crippen LogP) is 4.17. The lowest BCUT2D eigenvalue weighted by molar-refractivity contribution is -0.113. The first-order valence-electron chi connectivity index (χ1n) is 6.19. The van der Waals surface area contributed by atoms with Crippen LogP contribution in [0.15, 0.2) is 36.4 Å². The normalized spacial score (nSPS) is 17.0. The van der Waals surface area contributed by atoms with Gasteiger partial charge >= 0.3 is 0 Å². The molecule has 1 unspecified atom stereocenters. The molecule has 4 heteroatoms. The number of carbonyl (C=O) groups excluding carboxylic acids is 2. The summed E-state index contributed by atoms with van der Waals surface area (Å²) in [7, 11) is 0. The quantitative estimate of drug-likeness (QED) is 0.780. The minimum absolute atomic E-state index is 0.259. The van der Waals surface area contributed by atoms with Gasteiger partial charge in [-0.1, -0.05) is 30.4 Å². The third-order valence-electron chi connectivity index (χ3n) is 3.61. The van der Waals surface area contributed by atoms with E-state index in [0.717, 1.165) is 21.9 Å². The number of fused-ring (bicyclic) bond motifs is 3. The molecule has 2 aromatic rings. The van der Waals surface area contributed by atoms with E-state index in [-0.39, 0.29) is 11.2 Å². The van der Waals surface area contributed by atoms with Gasteiger partial charge in [-0.05, 0) is 63.7 Å². The Balaban J connectivity index is 2.14. The molecular weight excluding hydrogens is 295 g/mol. The lowest BCUT2D eigenvalue weighted by Gasteiger charge is -2.18. The number of rotatable bonds is 2. The van der Waals surface area contributed by atoms with Gasteiger partial charge in [0, 0.05) is 5.56 Å². The van der Waals surface area contributed by atoms with Crippen LogP contribution in [0.4, 0.5) is 0 Å². The van der Waals surface area contributed by atoms with Crippen molar-refractivity contribution < 1.29 is 9.59 Å². The Labute approximate surface area is 126 Å². The van der Waals surface area contributed by atoms with Gasteiger partial charge in [-0.2, -0.15) is 0 Å². The van der Waals surface area contributed by atoms with Crippen molar-refractivity contribution in [2.24, 2.45) is 5.92 Å². The minimum atomic E-state index is -0.465. The van der Waals surface area contributed by atoms with Gasteiger partial charge in [0.2, 0.25) is 5.24 Å². The van der Waals surface area contributed by atoms with Gasteiger partial charge in [0.1, 0.15) is 0 Å². The number of hydrogen-bond acceptors (Lipinski definition) is 2. The molecule has 0 aromatic heterocycles. The van der Waals surface area contributed by atoms with Crippen LogP contribution in [-0.4, -0.2) is 10.5 Å². The summed E-state index contributed by atoms with van der Waals surface area (Å²) >= 11 is 11.1. The molecule has 0 amide bonds. The standard InChI is InChI=1S/C16H10Cl2O2/c17-15(19)11-3-5-13-9(7-11)1-2-10-8-12(16(18)20)4-6-14(10)13/h1-7,12H,8H2. The number of carbonyl (C=O) groups is 2. The highest BCUT2D eigenvalue weighted by Gasteiger charge is 2.20. The molecule has 1 aliphatic rings. The van der Waals surface area contributed by atoms with E-state index in [1.807, 2.05) is 30.4 Å². The first kappa shape index (κ1) is 13.3. The van der Waals surface area contributed by atoms with Crippen LogP contribution in [0.5, 0.6) is 0 Å². The summed E-state index contributed by atoms with van der Waals surface area (Å²) in [6.45, 7) is 0. The lowest BCUT2D eigenvalue weighted by atomic mass is 9.87. The Morgan fingerprint density at radius 1 is 1.10 bits per heavy atom. The van der Waals surface area contributed by atoms with Crippen LogP contribution in [0.25, 0.3) is 16.8 Å². The smallest absolute Gasteiger partial charge is 0.252 e. The van der Waals surface area contributed by atoms with Crippen LogP contribution >= 0.6 is 23.2 Å². The monoisotopic (exact) mass is 304 g/mol. The molecular formula is C16H10Cl2O2. The van der Waals surface area contributed by atoms with Crippen LogP contribution in [0, 0.1) is 5.92 Å². The topological polar surface area (TPSA) is 34.1 Å². The Bertz CT molecular complexity index is 762. The molecule has 100 valence electrons. The zero-order chi connectivity index (χ0) is 14.3. The zero-order valence-corrected chi connectivity index (χ0v) is 11.9. The molecule has 3 rings (SSSR count). The molecule has 1 aliphatic carbocycles. The van der Waals surface area contributed by atoms with Crippen molar-refractivity contribution in [3.05, 3.63) is 53.1 Å². The fourth-order valence-corrected chi connectivity index (χ4v) is 2.84. The van der Waals surface area contributed by atoms with Crippen molar-refractivity contribution in [3.63, 3.8) is 0 Å². The van der Waals surface area contributed by atoms with E-state index in [0.29, 0.717) is 12.0 Å². The van der Waals surface area contributed by atoms with Gasteiger partial charge in [0.05, 0.1) is 5.92 Å².